The summed E-state index contributed by atoms with van der Waals surface area (Å²) < 4.78 is 1.31. The van der Waals surface area contributed by atoms with Crippen molar-refractivity contribution in [3.8, 4) is 0 Å². The average molecular weight is 210 g/mol. The normalized spacial score (nSPS) is 7.00. The van der Waals surface area contributed by atoms with Gasteiger partial charge in [-0.25, -0.2) is 0 Å². The summed E-state index contributed by atoms with van der Waals surface area (Å²) >= 11 is 2.39. The molecule has 0 fully saturated rings. The van der Waals surface area contributed by atoms with Crippen molar-refractivity contribution in [2.24, 2.45) is 0 Å². The molecule has 0 aromatic rings. The van der Waals surface area contributed by atoms with Crippen LogP contribution in [0.2, 0.25) is 0 Å². The minimum absolute atomic E-state index is 0. The zero-order valence-electron chi connectivity index (χ0n) is 6.21. The Morgan fingerprint density at radius 3 is 2.17 bits per heavy atom. The van der Waals surface area contributed by atoms with Gasteiger partial charge in [0, 0.05) is 0 Å². The largest absolute Gasteiger partial charge is 2.00 e. The fraction of sp³-hybridized carbons (Fsp3) is 1.00. The quantitative estimate of drug-likeness (QED) is 0.372. The second kappa shape index (κ2) is 9.71. The van der Waals surface area contributed by atoms with E-state index in [1.165, 1.54) is 17.3 Å². The van der Waals surface area contributed by atoms with Gasteiger partial charge in [-0.1, -0.05) is 35.9 Å². The first-order valence-electron chi connectivity index (χ1n) is 1.97. The van der Waals surface area contributed by atoms with Crippen molar-refractivity contribution >= 4 is 45.6 Å². The van der Waals surface area contributed by atoms with Crippen LogP contribution in [-0.4, -0.2) is 27.5 Å². The van der Waals surface area contributed by atoms with Crippen molar-refractivity contribution in [3.63, 3.8) is 0 Å². The molecule has 0 unspecified atom stereocenters. The Morgan fingerprint density at radius 2 is 2.17 bits per heavy atom. The summed E-state index contributed by atoms with van der Waals surface area (Å²) in [6, 6.07) is 0. The van der Waals surface area contributed by atoms with Gasteiger partial charge in [-0.05, 0) is 10.8 Å². The standard InChI is InChI=1S/C4H9I.Mg.2H/c1-2-3-4-5;;;/h2-4H2,1H3;;;/q;+2;2*-1. The fourth-order valence-corrected chi connectivity index (χ4v) is 0.896. The Morgan fingerprint density at radius 1 is 1.67 bits per heavy atom. The summed E-state index contributed by atoms with van der Waals surface area (Å²) in [5.74, 6) is 0. The first kappa shape index (κ1) is 10.5. The van der Waals surface area contributed by atoms with E-state index in [9.17, 15) is 0 Å². The molecule has 0 rings (SSSR count). The third-order valence-electron chi connectivity index (χ3n) is 0.487. The summed E-state index contributed by atoms with van der Waals surface area (Å²) in [6.07, 6.45) is 2.71. The van der Waals surface area contributed by atoms with E-state index in [0.29, 0.717) is 0 Å². The minimum Gasteiger partial charge on any atom is -1.00 e. The van der Waals surface area contributed by atoms with Crippen LogP contribution in [-0.2, 0) is 0 Å². The Hall–Kier alpha value is 1.50. The first-order chi connectivity index (χ1) is 2.41. The summed E-state index contributed by atoms with van der Waals surface area (Å²) in [5, 5.41) is 0. The maximum Gasteiger partial charge on any atom is 2.00 e. The van der Waals surface area contributed by atoms with Crippen LogP contribution < -0.4 is 0 Å². The van der Waals surface area contributed by atoms with Gasteiger partial charge in [0.2, 0.25) is 0 Å². The van der Waals surface area contributed by atoms with Crippen molar-refractivity contribution in [2.75, 3.05) is 4.43 Å². The van der Waals surface area contributed by atoms with Crippen molar-refractivity contribution < 1.29 is 2.85 Å². The summed E-state index contributed by atoms with van der Waals surface area (Å²) in [5.41, 5.74) is 0. The third-order valence-corrected chi connectivity index (χ3v) is 1.25. The second-order valence-corrected chi connectivity index (χ2v) is 2.12. The van der Waals surface area contributed by atoms with Crippen molar-refractivity contribution in [3.05, 3.63) is 0 Å². The molecule has 0 aromatic carbocycles. The van der Waals surface area contributed by atoms with E-state index in [1.807, 2.05) is 0 Å². The van der Waals surface area contributed by atoms with Gasteiger partial charge in [0.05, 0.1) is 0 Å². The molecule has 0 saturated heterocycles. The molecule has 0 heterocycles. The molecule has 0 aliphatic heterocycles. The van der Waals surface area contributed by atoms with Crippen LogP contribution in [0.15, 0.2) is 0 Å². The molecule has 0 aliphatic rings. The van der Waals surface area contributed by atoms with Crippen LogP contribution in [0.25, 0.3) is 0 Å². The van der Waals surface area contributed by atoms with Crippen molar-refractivity contribution in [1.29, 1.82) is 0 Å². The number of alkyl halides is 1. The summed E-state index contributed by atoms with van der Waals surface area (Å²) in [4.78, 5) is 0. The molecule has 0 amide bonds. The van der Waals surface area contributed by atoms with Gasteiger partial charge in [0.25, 0.3) is 0 Å². The molecule has 0 saturated carbocycles. The minimum atomic E-state index is 0. The van der Waals surface area contributed by atoms with Gasteiger partial charge in [-0.3, -0.25) is 0 Å². The van der Waals surface area contributed by atoms with Gasteiger partial charge in [0.15, 0.2) is 0 Å². The molecular formula is C4H11IMg. The van der Waals surface area contributed by atoms with Gasteiger partial charge in [-0.15, -0.1) is 0 Å². The third kappa shape index (κ3) is 9.09. The zero-order valence-corrected chi connectivity index (χ0v) is 7.78. The number of unbranched alkanes of at least 4 members (excludes halogenated alkanes) is 1. The molecule has 0 aliphatic carbocycles. The molecule has 0 spiro atoms. The Kier molecular flexibility index (Phi) is 16.9. The number of hydrogen-bond acceptors (Lipinski definition) is 0. The molecule has 2 heteroatoms. The molecule has 36 valence electrons. The zero-order chi connectivity index (χ0) is 4.12. The molecule has 0 N–H and O–H groups in total. The van der Waals surface area contributed by atoms with E-state index in [-0.39, 0.29) is 25.9 Å². The van der Waals surface area contributed by atoms with Gasteiger partial charge >= 0.3 is 23.1 Å². The van der Waals surface area contributed by atoms with Crippen LogP contribution in [0.5, 0.6) is 0 Å². The summed E-state index contributed by atoms with van der Waals surface area (Å²) in [6.45, 7) is 2.21. The van der Waals surface area contributed by atoms with E-state index >= 15 is 0 Å². The van der Waals surface area contributed by atoms with E-state index < -0.39 is 0 Å². The molecule has 0 aromatic heterocycles. The van der Waals surface area contributed by atoms with Gasteiger partial charge in [-0.2, -0.15) is 0 Å². The maximum absolute atomic E-state index is 2.39. The SMILES string of the molecule is CCCCI.[H-].[H-].[Mg+2]. The molecule has 0 bridgehead atoms. The Labute approximate surface area is 72.3 Å². The topological polar surface area (TPSA) is 0 Å². The molecular weight excluding hydrogens is 199 g/mol. The van der Waals surface area contributed by atoms with Crippen molar-refractivity contribution in [1.82, 2.24) is 0 Å². The Balaban J connectivity index is -0.0000000267. The van der Waals surface area contributed by atoms with Crippen molar-refractivity contribution in [2.45, 2.75) is 19.8 Å². The smallest absolute Gasteiger partial charge is 1.00 e. The molecule has 0 radical (unpaired) electrons. The molecule has 0 nitrogen and oxygen atoms in total. The van der Waals surface area contributed by atoms with E-state index in [1.54, 1.807) is 0 Å². The predicted molar refractivity (Wildman–Crippen MR) is 41.8 cm³/mol. The Bertz CT molecular complexity index is 21.5. The summed E-state index contributed by atoms with van der Waals surface area (Å²) in [7, 11) is 0. The maximum atomic E-state index is 2.39. The number of halogens is 1. The fourth-order valence-electron chi connectivity index (χ4n) is 0.134. The van der Waals surface area contributed by atoms with Crippen LogP contribution in [0.3, 0.4) is 0 Å². The van der Waals surface area contributed by atoms with E-state index in [2.05, 4.69) is 29.5 Å². The van der Waals surface area contributed by atoms with Gasteiger partial charge < -0.3 is 2.85 Å². The van der Waals surface area contributed by atoms with E-state index in [0.717, 1.165) is 0 Å². The molecule has 0 atom stereocenters. The van der Waals surface area contributed by atoms with Crippen LogP contribution in [0.4, 0.5) is 0 Å². The first-order valence-corrected chi connectivity index (χ1v) is 3.50. The predicted octanol–water partition coefficient (Wildman–Crippen LogP) is 2.07. The average Bonchev–Trinajstić information content (AvgIpc) is 1.41. The van der Waals surface area contributed by atoms with E-state index in [4.69, 9.17) is 0 Å². The number of rotatable bonds is 2. The van der Waals surface area contributed by atoms with Crippen LogP contribution >= 0.6 is 22.6 Å². The number of hydrogen-bond donors (Lipinski definition) is 0. The van der Waals surface area contributed by atoms with Gasteiger partial charge in [0.1, 0.15) is 0 Å². The monoisotopic (exact) mass is 210 g/mol. The van der Waals surface area contributed by atoms with Crippen LogP contribution in [0.1, 0.15) is 22.6 Å². The molecule has 6 heavy (non-hydrogen) atoms. The second-order valence-electron chi connectivity index (χ2n) is 1.04. The van der Waals surface area contributed by atoms with Crippen LogP contribution in [0, 0.1) is 0 Å².